The Kier molecular flexibility index (Phi) is 14.0. The predicted molar refractivity (Wildman–Crippen MR) is 164 cm³/mol. The molecule has 226 valence electrons. The first-order valence-corrected chi connectivity index (χ1v) is 15.9. The average Bonchev–Trinajstić information content (AvgIpc) is 2.94. The van der Waals surface area contributed by atoms with E-state index in [1.54, 1.807) is 24.3 Å². The summed E-state index contributed by atoms with van der Waals surface area (Å²) in [4.78, 5) is -0.133. The molecule has 0 bridgehead atoms. The van der Waals surface area contributed by atoms with Crippen molar-refractivity contribution in [1.29, 1.82) is 0 Å². The van der Waals surface area contributed by atoms with E-state index in [0.29, 0.717) is 13.0 Å². The third kappa shape index (κ3) is 13.5. The third-order valence-corrected chi connectivity index (χ3v) is 7.71. The zero-order valence-electron chi connectivity index (χ0n) is 23.5. The van der Waals surface area contributed by atoms with Crippen molar-refractivity contribution in [2.45, 2.75) is 48.7 Å². The first-order valence-electron chi connectivity index (χ1n) is 13.1. The normalized spacial score (nSPS) is 12.6. The van der Waals surface area contributed by atoms with Gasteiger partial charge in [0.05, 0.1) is 15.9 Å². The monoisotopic (exact) mass is 614 g/mol. The molecule has 0 aromatic heterocycles. The lowest BCUT2D eigenvalue weighted by Gasteiger charge is -2.19. The number of rotatable bonds is 9. The molecule has 4 aromatic rings. The molecule has 0 spiro atoms. The van der Waals surface area contributed by atoms with Crippen LogP contribution in [0.2, 0.25) is 0 Å². The molecule has 0 aliphatic rings. The Balaban J connectivity index is 0.000000239. The first kappa shape index (κ1) is 34.8. The molecule has 42 heavy (non-hydrogen) atoms. The average molecular weight is 615 g/mol. The van der Waals surface area contributed by atoms with Crippen LogP contribution in [0.1, 0.15) is 22.3 Å². The van der Waals surface area contributed by atoms with Crippen LogP contribution in [0.5, 0.6) is 0 Å². The van der Waals surface area contributed by atoms with Crippen molar-refractivity contribution in [3.63, 3.8) is 0 Å². The highest BCUT2D eigenvalue weighted by Crippen LogP contribution is 2.09. The summed E-state index contributed by atoms with van der Waals surface area (Å²) in [7, 11) is -8.04. The zero-order chi connectivity index (χ0) is 31.2. The number of aryl methyl sites for hydroxylation is 2. The summed E-state index contributed by atoms with van der Waals surface area (Å²) in [6, 6.07) is 31.9. The largest absolute Gasteiger partial charge is 0.390 e. The van der Waals surface area contributed by atoms with Crippen molar-refractivity contribution in [2.75, 3.05) is 6.54 Å². The van der Waals surface area contributed by atoms with Gasteiger partial charge in [0.25, 0.3) is 20.2 Å². The standard InChI is InChI=1S/C17H22N2O.2C7H8O3S/c18-16(11-14-7-3-1-4-8-14)17(20)13-19-12-15-9-5-2-6-10-15;2*1-6-2-4-7(5-3-6)11(8,9)10/h1-10,16-17,19-20H,11-13,18H2;2*2-5H,1H3,(H,8,9,10)/t16-,17+;;/m0../s1. The maximum absolute atomic E-state index is 10.5. The number of aliphatic hydroxyl groups excluding tert-OH is 1. The van der Waals surface area contributed by atoms with Gasteiger partial charge < -0.3 is 16.2 Å². The minimum Gasteiger partial charge on any atom is -0.390 e. The van der Waals surface area contributed by atoms with Gasteiger partial charge in [0.15, 0.2) is 0 Å². The smallest absolute Gasteiger partial charge is 0.294 e. The summed E-state index contributed by atoms with van der Waals surface area (Å²) >= 11 is 0. The molecule has 0 saturated carbocycles. The number of nitrogens with two attached hydrogens (primary N) is 1. The molecule has 0 heterocycles. The Hall–Kier alpha value is -3.42. The van der Waals surface area contributed by atoms with Crippen LogP contribution in [0.15, 0.2) is 119 Å². The van der Waals surface area contributed by atoms with Crippen LogP contribution < -0.4 is 11.1 Å². The second-order valence-corrected chi connectivity index (χ2v) is 12.5. The van der Waals surface area contributed by atoms with Gasteiger partial charge in [0.1, 0.15) is 0 Å². The van der Waals surface area contributed by atoms with Gasteiger partial charge in [-0.2, -0.15) is 16.8 Å². The molecule has 0 amide bonds. The topological polar surface area (TPSA) is 167 Å². The fourth-order valence-electron chi connectivity index (χ4n) is 3.55. The number of hydrogen-bond acceptors (Lipinski definition) is 7. The third-order valence-electron chi connectivity index (χ3n) is 5.97. The van der Waals surface area contributed by atoms with Crippen LogP contribution in [0.3, 0.4) is 0 Å². The first-order chi connectivity index (χ1) is 19.8. The van der Waals surface area contributed by atoms with Crippen molar-refractivity contribution in [1.82, 2.24) is 5.32 Å². The van der Waals surface area contributed by atoms with Crippen LogP contribution in [0.4, 0.5) is 0 Å². The van der Waals surface area contributed by atoms with Gasteiger partial charge in [-0.15, -0.1) is 0 Å². The molecule has 0 unspecified atom stereocenters. The van der Waals surface area contributed by atoms with Crippen LogP contribution >= 0.6 is 0 Å². The number of aliphatic hydroxyl groups is 1. The Morgan fingerprint density at radius 2 is 1.02 bits per heavy atom. The van der Waals surface area contributed by atoms with Gasteiger partial charge in [0.2, 0.25) is 0 Å². The summed E-state index contributed by atoms with van der Waals surface area (Å²) < 4.78 is 59.1. The molecule has 4 rings (SSSR count). The maximum atomic E-state index is 10.5. The van der Waals surface area contributed by atoms with E-state index >= 15 is 0 Å². The van der Waals surface area contributed by atoms with Gasteiger partial charge >= 0.3 is 0 Å². The van der Waals surface area contributed by atoms with E-state index in [9.17, 15) is 21.9 Å². The fourth-order valence-corrected chi connectivity index (χ4v) is 4.51. The van der Waals surface area contributed by atoms with E-state index in [1.165, 1.54) is 29.8 Å². The van der Waals surface area contributed by atoms with Crippen LogP contribution in [0.25, 0.3) is 0 Å². The van der Waals surface area contributed by atoms with E-state index in [0.717, 1.165) is 23.2 Å². The summed E-state index contributed by atoms with van der Waals surface area (Å²) in [6.45, 7) is 4.93. The zero-order valence-corrected chi connectivity index (χ0v) is 25.2. The van der Waals surface area contributed by atoms with Crippen molar-refractivity contribution < 1.29 is 31.0 Å². The van der Waals surface area contributed by atoms with Crippen molar-refractivity contribution in [2.24, 2.45) is 5.73 Å². The fraction of sp³-hybridized carbons (Fsp3) is 0.226. The molecule has 2 atom stereocenters. The molecule has 0 fully saturated rings. The van der Waals surface area contributed by atoms with Crippen molar-refractivity contribution in [3.8, 4) is 0 Å². The number of benzene rings is 4. The second kappa shape index (κ2) is 16.9. The minimum atomic E-state index is -4.02. The van der Waals surface area contributed by atoms with Crippen LogP contribution in [-0.4, -0.2) is 49.7 Å². The molecular formula is C31H38N2O7S2. The van der Waals surface area contributed by atoms with Gasteiger partial charge in [-0.1, -0.05) is 96.1 Å². The Morgan fingerprint density at radius 1 is 0.643 bits per heavy atom. The molecular weight excluding hydrogens is 576 g/mol. The van der Waals surface area contributed by atoms with Gasteiger partial charge in [-0.25, -0.2) is 0 Å². The number of hydrogen-bond donors (Lipinski definition) is 5. The highest BCUT2D eigenvalue weighted by atomic mass is 32.2. The molecule has 0 radical (unpaired) electrons. The molecule has 0 saturated heterocycles. The maximum Gasteiger partial charge on any atom is 0.294 e. The van der Waals surface area contributed by atoms with Crippen LogP contribution in [0, 0.1) is 13.8 Å². The lowest BCUT2D eigenvalue weighted by molar-refractivity contribution is 0.141. The molecule has 0 aliphatic carbocycles. The number of nitrogens with one attached hydrogen (secondary N) is 1. The van der Waals surface area contributed by atoms with E-state index in [1.807, 2.05) is 62.4 Å². The van der Waals surface area contributed by atoms with Crippen LogP contribution in [-0.2, 0) is 33.2 Å². The Bertz CT molecular complexity index is 1470. The van der Waals surface area contributed by atoms with Gasteiger partial charge in [0, 0.05) is 19.1 Å². The lowest BCUT2D eigenvalue weighted by atomic mass is 10.0. The molecule has 9 nitrogen and oxygen atoms in total. The molecule has 6 N–H and O–H groups in total. The SMILES string of the molecule is Cc1ccc(S(=O)(=O)O)cc1.Cc1ccc(S(=O)(=O)O)cc1.N[C@@H](Cc1ccccc1)[C@H](O)CNCc1ccccc1. The predicted octanol–water partition coefficient (Wildman–Crippen LogP) is 4.19. The quantitative estimate of drug-likeness (QED) is 0.174. The lowest BCUT2D eigenvalue weighted by Crippen LogP contribution is -2.42. The molecule has 4 aromatic carbocycles. The Morgan fingerprint density at radius 3 is 1.40 bits per heavy atom. The Labute approximate surface area is 248 Å². The van der Waals surface area contributed by atoms with E-state index in [-0.39, 0.29) is 15.8 Å². The van der Waals surface area contributed by atoms with Gasteiger partial charge in [-0.3, -0.25) is 9.11 Å². The highest BCUT2D eigenvalue weighted by Gasteiger charge is 2.14. The highest BCUT2D eigenvalue weighted by molar-refractivity contribution is 7.86. The summed E-state index contributed by atoms with van der Waals surface area (Å²) in [5.74, 6) is 0. The minimum absolute atomic E-state index is 0.0666. The van der Waals surface area contributed by atoms with E-state index < -0.39 is 26.3 Å². The van der Waals surface area contributed by atoms with Gasteiger partial charge in [-0.05, 0) is 55.7 Å². The van der Waals surface area contributed by atoms with Crippen molar-refractivity contribution in [3.05, 3.63) is 131 Å². The van der Waals surface area contributed by atoms with Crippen molar-refractivity contribution >= 4 is 20.2 Å². The summed E-state index contributed by atoms with van der Waals surface area (Å²) in [6.07, 6.45) is 0.147. The van der Waals surface area contributed by atoms with E-state index in [4.69, 9.17) is 14.8 Å². The molecule has 0 aliphatic heterocycles. The summed E-state index contributed by atoms with van der Waals surface area (Å²) in [5.41, 5.74) is 10.3. The second-order valence-electron chi connectivity index (χ2n) is 9.61. The summed E-state index contributed by atoms with van der Waals surface area (Å²) in [5, 5.41) is 13.3. The molecule has 11 heteroatoms. The van der Waals surface area contributed by atoms with E-state index in [2.05, 4.69) is 17.4 Å².